The summed E-state index contributed by atoms with van der Waals surface area (Å²) in [6.07, 6.45) is 1.37. The number of halogens is 1. The molecule has 0 aliphatic rings. The van der Waals surface area contributed by atoms with Crippen LogP contribution in [0.1, 0.15) is 39.2 Å². The second-order valence-corrected chi connectivity index (χ2v) is 10.6. The molecular weight excluding hydrogens is 457 g/mol. The summed E-state index contributed by atoms with van der Waals surface area (Å²) in [5.74, 6) is -0.883. The van der Waals surface area contributed by atoms with Gasteiger partial charge in [-0.15, -0.1) is 0 Å². The summed E-state index contributed by atoms with van der Waals surface area (Å²) < 4.78 is 40.1. The highest BCUT2D eigenvalue weighted by molar-refractivity contribution is 7.92. The predicted molar refractivity (Wildman–Crippen MR) is 132 cm³/mol. The van der Waals surface area contributed by atoms with Crippen LogP contribution in [0.3, 0.4) is 0 Å². The number of nitrogens with zero attached hydrogens (tertiary/aromatic N) is 2. The highest BCUT2D eigenvalue weighted by Gasteiger charge is 2.27. The molecule has 1 unspecified atom stereocenters. The molecule has 0 saturated heterocycles. The lowest BCUT2D eigenvalue weighted by Gasteiger charge is -2.29. The van der Waals surface area contributed by atoms with Crippen molar-refractivity contribution in [1.29, 1.82) is 0 Å². The first kappa shape index (κ1) is 27.3. The first-order valence-corrected chi connectivity index (χ1v) is 13.2. The van der Waals surface area contributed by atoms with Crippen molar-refractivity contribution >= 4 is 27.5 Å². The fourth-order valence-electron chi connectivity index (χ4n) is 3.44. The summed E-state index contributed by atoms with van der Waals surface area (Å²) in [7, 11) is -3.54. The van der Waals surface area contributed by atoms with E-state index in [1.807, 2.05) is 13.8 Å². The Balaban J connectivity index is 2.15. The summed E-state index contributed by atoms with van der Waals surface area (Å²) in [6, 6.07) is 14.0. The lowest BCUT2D eigenvalue weighted by atomic mass is 10.1. The zero-order valence-electron chi connectivity index (χ0n) is 20.2. The third-order valence-electron chi connectivity index (χ3n) is 5.35. The lowest BCUT2D eigenvalue weighted by molar-refractivity contribution is -0.140. The topological polar surface area (TPSA) is 86.8 Å². The molecular formula is C25H34FN3O4S. The van der Waals surface area contributed by atoms with Crippen molar-refractivity contribution in [1.82, 2.24) is 10.2 Å². The van der Waals surface area contributed by atoms with Crippen molar-refractivity contribution in [3.63, 3.8) is 0 Å². The van der Waals surface area contributed by atoms with E-state index in [0.717, 1.165) is 6.26 Å². The highest BCUT2D eigenvalue weighted by Crippen LogP contribution is 2.19. The smallest absolute Gasteiger partial charge is 0.242 e. The third kappa shape index (κ3) is 8.13. The number of rotatable bonds is 12. The van der Waals surface area contributed by atoms with Crippen LogP contribution in [-0.2, 0) is 26.2 Å². The fourth-order valence-corrected chi connectivity index (χ4v) is 4.41. The molecule has 0 fully saturated rings. The van der Waals surface area contributed by atoms with Gasteiger partial charge in [0.2, 0.25) is 21.8 Å². The van der Waals surface area contributed by atoms with Crippen LogP contribution in [0.2, 0.25) is 0 Å². The minimum Gasteiger partial charge on any atom is -0.354 e. The van der Waals surface area contributed by atoms with Crippen molar-refractivity contribution < 1.29 is 22.4 Å². The van der Waals surface area contributed by atoms with Crippen molar-refractivity contribution in [3.8, 4) is 0 Å². The van der Waals surface area contributed by atoms with Crippen molar-refractivity contribution in [2.45, 2.75) is 46.2 Å². The van der Waals surface area contributed by atoms with Crippen LogP contribution in [0, 0.1) is 11.7 Å². The summed E-state index contributed by atoms with van der Waals surface area (Å²) in [5.41, 5.74) is 0.823. The number of nitrogens with one attached hydrogen (secondary N) is 1. The number of amides is 2. The van der Waals surface area contributed by atoms with Gasteiger partial charge in [-0.2, -0.15) is 0 Å². The Morgan fingerprint density at radius 1 is 1.00 bits per heavy atom. The Hall–Kier alpha value is -2.94. The summed E-state index contributed by atoms with van der Waals surface area (Å²) >= 11 is 0. The molecule has 7 nitrogen and oxygen atoms in total. The molecule has 2 rings (SSSR count). The molecule has 0 spiro atoms. The quantitative estimate of drug-likeness (QED) is 0.492. The van der Waals surface area contributed by atoms with Gasteiger partial charge in [0.25, 0.3) is 0 Å². The molecule has 0 radical (unpaired) electrons. The number of hydrogen-bond acceptors (Lipinski definition) is 4. The molecule has 0 aromatic heterocycles. The minimum atomic E-state index is -3.54. The minimum absolute atomic E-state index is 0.00903. The van der Waals surface area contributed by atoms with E-state index in [9.17, 15) is 22.4 Å². The van der Waals surface area contributed by atoms with Gasteiger partial charge in [-0.25, -0.2) is 12.8 Å². The van der Waals surface area contributed by atoms with Crippen LogP contribution in [-0.4, -0.2) is 50.5 Å². The zero-order valence-corrected chi connectivity index (χ0v) is 21.0. The molecule has 0 bridgehead atoms. The molecule has 1 N–H and O–H groups in total. The van der Waals surface area contributed by atoms with E-state index in [1.165, 1.54) is 15.3 Å². The maximum absolute atomic E-state index is 14.3. The molecule has 9 heteroatoms. The molecule has 2 amide bonds. The molecule has 0 heterocycles. The average Bonchev–Trinajstić information content (AvgIpc) is 2.78. The SMILES string of the molecule is CC(C)CNC(=O)C(C)N(Cc1ccccc1F)C(=O)CCCN(c1ccccc1)S(C)(=O)=O. The van der Waals surface area contributed by atoms with Gasteiger partial charge in [-0.05, 0) is 37.5 Å². The highest BCUT2D eigenvalue weighted by atomic mass is 32.2. The van der Waals surface area contributed by atoms with Gasteiger partial charge in [0.05, 0.1) is 11.9 Å². The van der Waals surface area contributed by atoms with Gasteiger partial charge in [0.15, 0.2) is 0 Å². The van der Waals surface area contributed by atoms with Crippen LogP contribution in [0.25, 0.3) is 0 Å². The Kier molecular flexibility index (Phi) is 10.0. The molecule has 1 atom stereocenters. The van der Waals surface area contributed by atoms with Crippen LogP contribution in [0.5, 0.6) is 0 Å². The van der Waals surface area contributed by atoms with Crippen LogP contribution in [0.15, 0.2) is 54.6 Å². The Morgan fingerprint density at radius 2 is 1.62 bits per heavy atom. The molecule has 186 valence electrons. The number of sulfonamides is 1. The molecule has 0 saturated carbocycles. The summed E-state index contributed by atoms with van der Waals surface area (Å²) in [5, 5.41) is 2.82. The van der Waals surface area contributed by atoms with E-state index in [1.54, 1.807) is 55.5 Å². The Bertz CT molecular complexity index is 1060. The first-order chi connectivity index (χ1) is 16.0. The number of carbonyl (C=O) groups is 2. The number of hydrogen-bond donors (Lipinski definition) is 1. The lowest BCUT2D eigenvalue weighted by Crippen LogP contribution is -2.48. The first-order valence-electron chi connectivity index (χ1n) is 11.3. The zero-order chi connectivity index (χ0) is 25.3. The third-order valence-corrected chi connectivity index (χ3v) is 6.54. The van der Waals surface area contributed by atoms with Crippen LogP contribution >= 0.6 is 0 Å². The largest absolute Gasteiger partial charge is 0.354 e. The van der Waals surface area contributed by atoms with E-state index < -0.39 is 21.9 Å². The van der Waals surface area contributed by atoms with E-state index in [4.69, 9.17) is 0 Å². The van der Waals surface area contributed by atoms with Gasteiger partial charge in [-0.3, -0.25) is 13.9 Å². The number of benzene rings is 2. The maximum Gasteiger partial charge on any atom is 0.242 e. The van der Waals surface area contributed by atoms with E-state index in [2.05, 4.69) is 5.32 Å². The Morgan fingerprint density at radius 3 is 2.21 bits per heavy atom. The summed E-state index contributed by atoms with van der Waals surface area (Å²) in [4.78, 5) is 27.2. The molecule has 2 aromatic carbocycles. The van der Waals surface area contributed by atoms with Crippen molar-refractivity contribution in [3.05, 3.63) is 66.0 Å². The molecule has 0 aliphatic carbocycles. The maximum atomic E-state index is 14.3. The number of carbonyl (C=O) groups excluding carboxylic acids is 2. The van der Waals surface area contributed by atoms with Gasteiger partial charge in [-0.1, -0.05) is 50.2 Å². The molecule has 0 aliphatic heterocycles. The van der Waals surface area contributed by atoms with Gasteiger partial charge in [0.1, 0.15) is 11.9 Å². The standard InChI is InChI=1S/C25H34FN3O4S/c1-19(2)17-27-25(31)20(3)28(18-21-11-8-9-14-23(21)26)24(30)15-10-16-29(34(4,32)33)22-12-6-5-7-13-22/h5-9,11-14,19-20H,10,15-18H2,1-4H3,(H,27,31). The molecule has 2 aromatic rings. The number of para-hydroxylation sites is 1. The van der Waals surface area contributed by atoms with Gasteiger partial charge >= 0.3 is 0 Å². The normalized spacial score (nSPS) is 12.3. The number of anilines is 1. The molecule has 34 heavy (non-hydrogen) atoms. The fraction of sp³-hybridized carbons (Fsp3) is 0.440. The second-order valence-electron chi connectivity index (χ2n) is 8.70. The second kappa shape index (κ2) is 12.5. The van der Waals surface area contributed by atoms with Crippen LogP contribution < -0.4 is 9.62 Å². The van der Waals surface area contributed by atoms with E-state index in [0.29, 0.717) is 17.8 Å². The van der Waals surface area contributed by atoms with E-state index >= 15 is 0 Å². The van der Waals surface area contributed by atoms with E-state index in [-0.39, 0.29) is 43.7 Å². The van der Waals surface area contributed by atoms with Crippen molar-refractivity contribution in [2.24, 2.45) is 5.92 Å². The average molecular weight is 492 g/mol. The summed E-state index contributed by atoms with van der Waals surface area (Å²) in [6.45, 7) is 6.06. The van der Waals surface area contributed by atoms with Crippen LogP contribution in [0.4, 0.5) is 10.1 Å². The van der Waals surface area contributed by atoms with Gasteiger partial charge < -0.3 is 10.2 Å². The Labute approximate surface area is 202 Å². The predicted octanol–water partition coefficient (Wildman–Crippen LogP) is 3.56. The van der Waals surface area contributed by atoms with Gasteiger partial charge in [0, 0.05) is 31.6 Å². The monoisotopic (exact) mass is 491 g/mol. The van der Waals surface area contributed by atoms with Crippen molar-refractivity contribution in [2.75, 3.05) is 23.7 Å².